The third-order valence-electron chi connectivity index (χ3n) is 2.61. The van der Waals surface area contributed by atoms with Crippen molar-refractivity contribution in [2.45, 2.75) is 19.3 Å². The summed E-state index contributed by atoms with van der Waals surface area (Å²) < 4.78 is 0. The largest absolute Gasteiger partial charge is 0.481 e. The Balaban J connectivity index is 2.14. The molecule has 0 aromatic carbocycles. The second kappa shape index (κ2) is 5.19. The van der Waals surface area contributed by atoms with Gasteiger partial charge in [-0.3, -0.25) is 4.79 Å². The molecule has 13 heavy (non-hydrogen) atoms. The number of carbonyl (C=O) groups is 1. The first-order chi connectivity index (χ1) is 6.24. The standard InChI is InChI=1S/C9H17NO3/c11-4-3-10-6-7-1-2-8(5-7)9(12)13/h7-8,10-11H,1-6H2,(H,12,13). The molecule has 3 N–H and O–H groups in total. The molecule has 0 aromatic rings. The monoisotopic (exact) mass is 187 g/mol. The van der Waals surface area contributed by atoms with Crippen molar-refractivity contribution in [3.8, 4) is 0 Å². The summed E-state index contributed by atoms with van der Waals surface area (Å²) in [5, 5.41) is 20.4. The summed E-state index contributed by atoms with van der Waals surface area (Å²) in [5.41, 5.74) is 0. The molecular weight excluding hydrogens is 170 g/mol. The van der Waals surface area contributed by atoms with Crippen LogP contribution in [-0.2, 0) is 4.79 Å². The second-order valence-corrected chi connectivity index (χ2v) is 3.64. The number of nitrogens with one attached hydrogen (secondary N) is 1. The lowest BCUT2D eigenvalue weighted by molar-refractivity contribution is -0.141. The molecule has 76 valence electrons. The van der Waals surface area contributed by atoms with E-state index in [9.17, 15) is 4.79 Å². The van der Waals surface area contributed by atoms with Gasteiger partial charge in [0.2, 0.25) is 0 Å². The minimum absolute atomic E-state index is 0.138. The predicted octanol–water partition coefficient (Wildman–Crippen LogP) is 0.0692. The molecule has 2 atom stereocenters. The molecule has 0 aromatic heterocycles. The van der Waals surface area contributed by atoms with E-state index in [2.05, 4.69) is 5.32 Å². The summed E-state index contributed by atoms with van der Waals surface area (Å²) in [6.45, 7) is 1.59. The molecule has 0 spiro atoms. The van der Waals surface area contributed by atoms with Crippen molar-refractivity contribution in [2.75, 3.05) is 19.7 Å². The number of aliphatic hydroxyl groups is 1. The molecule has 4 nitrogen and oxygen atoms in total. The van der Waals surface area contributed by atoms with Gasteiger partial charge in [-0.15, -0.1) is 0 Å². The Morgan fingerprint density at radius 2 is 2.23 bits per heavy atom. The average molecular weight is 187 g/mol. The first-order valence-electron chi connectivity index (χ1n) is 4.78. The van der Waals surface area contributed by atoms with E-state index in [1.165, 1.54) is 0 Å². The Kier molecular flexibility index (Phi) is 4.18. The third kappa shape index (κ3) is 3.32. The van der Waals surface area contributed by atoms with Crippen LogP contribution in [0.25, 0.3) is 0 Å². The zero-order chi connectivity index (χ0) is 9.68. The zero-order valence-electron chi connectivity index (χ0n) is 7.70. The van der Waals surface area contributed by atoms with E-state index in [4.69, 9.17) is 10.2 Å². The summed E-state index contributed by atoms with van der Waals surface area (Å²) in [7, 11) is 0. The lowest BCUT2D eigenvalue weighted by Crippen LogP contribution is -2.24. The van der Waals surface area contributed by atoms with Crippen LogP contribution in [0.5, 0.6) is 0 Å². The Morgan fingerprint density at radius 1 is 1.46 bits per heavy atom. The van der Waals surface area contributed by atoms with Crippen LogP contribution >= 0.6 is 0 Å². The van der Waals surface area contributed by atoms with Crippen molar-refractivity contribution >= 4 is 5.97 Å². The van der Waals surface area contributed by atoms with Crippen molar-refractivity contribution in [3.05, 3.63) is 0 Å². The lowest BCUT2D eigenvalue weighted by Gasteiger charge is -2.09. The van der Waals surface area contributed by atoms with Gasteiger partial charge in [0.1, 0.15) is 0 Å². The molecule has 0 saturated heterocycles. The Labute approximate surface area is 78.0 Å². The van der Waals surface area contributed by atoms with E-state index in [1.807, 2.05) is 0 Å². The molecule has 1 rings (SSSR count). The summed E-state index contributed by atoms with van der Waals surface area (Å²) in [6, 6.07) is 0. The van der Waals surface area contributed by atoms with Crippen molar-refractivity contribution in [2.24, 2.45) is 11.8 Å². The number of hydrogen-bond acceptors (Lipinski definition) is 3. The van der Waals surface area contributed by atoms with Crippen LogP contribution < -0.4 is 5.32 Å². The first-order valence-corrected chi connectivity index (χ1v) is 4.78. The van der Waals surface area contributed by atoms with Crippen LogP contribution in [0, 0.1) is 11.8 Å². The van der Waals surface area contributed by atoms with Crippen LogP contribution in [0.1, 0.15) is 19.3 Å². The van der Waals surface area contributed by atoms with Crippen LogP contribution in [0.15, 0.2) is 0 Å². The number of carboxylic acid groups (broad SMARTS) is 1. The van der Waals surface area contributed by atoms with E-state index < -0.39 is 5.97 Å². The summed E-state index contributed by atoms with van der Waals surface area (Å²) in [5.74, 6) is -0.321. The first kappa shape index (κ1) is 10.5. The Hall–Kier alpha value is -0.610. The Bertz CT molecular complexity index is 172. The van der Waals surface area contributed by atoms with Gasteiger partial charge in [-0.2, -0.15) is 0 Å². The lowest BCUT2D eigenvalue weighted by atomic mass is 10.1. The van der Waals surface area contributed by atoms with Gasteiger partial charge < -0.3 is 15.5 Å². The molecule has 1 saturated carbocycles. The van der Waals surface area contributed by atoms with Gasteiger partial charge in [0.05, 0.1) is 12.5 Å². The number of aliphatic hydroxyl groups excluding tert-OH is 1. The van der Waals surface area contributed by atoms with Gasteiger partial charge in [-0.25, -0.2) is 0 Å². The number of hydrogen-bond donors (Lipinski definition) is 3. The van der Waals surface area contributed by atoms with E-state index in [0.717, 1.165) is 25.8 Å². The van der Waals surface area contributed by atoms with Crippen molar-refractivity contribution in [1.29, 1.82) is 0 Å². The van der Waals surface area contributed by atoms with Crippen LogP contribution in [0.4, 0.5) is 0 Å². The highest BCUT2D eigenvalue weighted by Crippen LogP contribution is 2.30. The fourth-order valence-electron chi connectivity index (χ4n) is 1.87. The maximum atomic E-state index is 10.6. The van der Waals surface area contributed by atoms with Gasteiger partial charge in [0.15, 0.2) is 0 Å². The maximum absolute atomic E-state index is 10.6. The number of aliphatic carboxylic acids is 1. The predicted molar refractivity (Wildman–Crippen MR) is 48.4 cm³/mol. The van der Waals surface area contributed by atoms with Crippen LogP contribution in [0.3, 0.4) is 0 Å². The molecular formula is C9H17NO3. The van der Waals surface area contributed by atoms with Gasteiger partial charge in [-0.05, 0) is 31.7 Å². The van der Waals surface area contributed by atoms with Crippen molar-refractivity contribution in [1.82, 2.24) is 5.32 Å². The fourth-order valence-corrected chi connectivity index (χ4v) is 1.87. The summed E-state index contributed by atoms with van der Waals surface area (Å²) in [4.78, 5) is 10.6. The highest BCUT2D eigenvalue weighted by molar-refractivity contribution is 5.70. The number of rotatable bonds is 5. The van der Waals surface area contributed by atoms with E-state index in [-0.39, 0.29) is 12.5 Å². The third-order valence-corrected chi connectivity index (χ3v) is 2.61. The van der Waals surface area contributed by atoms with Gasteiger partial charge in [0.25, 0.3) is 0 Å². The van der Waals surface area contributed by atoms with Gasteiger partial charge in [-0.1, -0.05) is 0 Å². The second-order valence-electron chi connectivity index (χ2n) is 3.64. The zero-order valence-corrected chi connectivity index (χ0v) is 7.70. The van der Waals surface area contributed by atoms with E-state index in [0.29, 0.717) is 12.5 Å². The van der Waals surface area contributed by atoms with E-state index in [1.54, 1.807) is 0 Å². The fraction of sp³-hybridized carbons (Fsp3) is 0.889. The molecule has 1 aliphatic carbocycles. The van der Waals surface area contributed by atoms with Gasteiger partial charge in [0, 0.05) is 6.54 Å². The average Bonchev–Trinajstić information content (AvgIpc) is 2.53. The molecule has 0 bridgehead atoms. The molecule has 0 radical (unpaired) electrons. The molecule has 4 heteroatoms. The van der Waals surface area contributed by atoms with Crippen molar-refractivity contribution < 1.29 is 15.0 Å². The highest BCUT2D eigenvalue weighted by Gasteiger charge is 2.28. The molecule has 0 heterocycles. The highest BCUT2D eigenvalue weighted by atomic mass is 16.4. The van der Waals surface area contributed by atoms with E-state index >= 15 is 0 Å². The molecule has 1 fully saturated rings. The molecule has 2 unspecified atom stereocenters. The SMILES string of the molecule is O=C(O)C1CCC(CNCCO)C1. The van der Waals surface area contributed by atoms with Gasteiger partial charge >= 0.3 is 5.97 Å². The van der Waals surface area contributed by atoms with Crippen LogP contribution in [-0.4, -0.2) is 35.9 Å². The summed E-state index contributed by atoms with van der Waals surface area (Å²) in [6.07, 6.45) is 2.59. The maximum Gasteiger partial charge on any atom is 0.306 e. The Morgan fingerprint density at radius 3 is 2.77 bits per heavy atom. The molecule has 0 amide bonds. The normalized spacial score (nSPS) is 27.8. The molecule has 1 aliphatic rings. The summed E-state index contributed by atoms with van der Waals surface area (Å²) >= 11 is 0. The molecule has 0 aliphatic heterocycles. The topological polar surface area (TPSA) is 69.6 Å². The minimum atomic E-state index is -0.662. The minimum Gasteiger partial charge on any atom is -0.481 e. The smallest absolute Gasteiger partial charge is 0.306 e. The van der Waals surface area contributed by atoms with Crippen molar-refractivity contribution in [3.63, 3.8) is 0 Å². The number of carboxylic acids is 1. The quantitative estimate of drug-likeness (QED) is 0.533. The van der Waals surface area contributed by atoms with Crippen LogP contribution in [0.2, 0.25) is 0 Å².